The lowest BCUT2D eigenvalue weighted by Gasteiger charge is -2.36. The molecule has 9 aromatic carbocycles. The number of carbonyl (C=O) groups excluding carboxylic acids is 8. The summed E-state index contributed by atoms with van der Waals surface area (Å²) in [6.07, 6.45) is -7.98. The minimum atomic E-state index is -5.17. The summed E-state index contributed by atoms with van der Waals surface area (Å²) < 4.78 is 85.1. The number of carbonyl (C=O) groups is 8. The summed E-state index contributed by atoms with van der Waals surface area (Å²) in [6, 6.07) is 30.4. The molecule has 0 radical (unpaired) electrons. The van der Waals surface area contributed by atoms with Crippen molar-refractivity contribution in [1.29, 1.82) is 0 Å². The summed E-state index contributed by atoms with van der Waals surface area (Å²) in [7, 11) is 0. The average Bonchev–Trinajstić information content (AvgIpc) is 1.51. The Hall–Kier alpha value is -10.6. The van der Waals surface area contributed by atoms with Crippen molar-refractivity contribution in [2.45, 2.75) is 168 Å². The van der Waals surface area contributed by atoms with Crippen LogP contribution in [0.25, 0.3) is 43.1 Å². The quantitative estimate of drug-likeness (QED) is 0.0190. The van der Waals surface area contributed by atoms with Crippen LogP contribution in [0.3, 0.4) is 0 Å². The molecule has 2 saturated heterocycles. The Balaban J connectivity index is 1.13. The number of fused-ring (bicyclic) bond motifs is 2. The highest BCUT2D eigenvalue weighted by Gasteiger charge is 2.49. The number of epoxide rings is 2. The van der Waals surface area contributed by atoms with Gasteiger partial charge < -0.3 is 49.7 Å². The van der Waals surface area contributed by atoms with E-state index in [-0.39, 0.29) is 183 Å². The lowest BCUT2D eigenvalue weighted by molar-refractivity contribution is -0.153. The molecule has 4 aliphatic heterocycles. The van der Waals surface area contributed by atoms with E-state index in [9.17, 15) is 19.2 Å². The maximum atomic E-state index is 16.2. The Morgan fingerprint density at radius 2 is 0.673 bits per heavy atom. The predicted molar refractivity (Wildman–Crippen MR) is 399 cm³/mol. The van der Waals surface area contributed by atoms with Crippen LogP contribution in [-0.2, 0) is 50.3 Å². The minimum Gasteiger partial charge on any atom is -0.457 e. The Morgan fingerprint density at radius 1 is 0.411 bits per heavy atom. The molecule has 0 aromatic heterocycles. The molecule has 13 rings (SSSR count). The molecule has 558 valence electrons. The summed E-state index contributed by atoms with van der Waals surface area (Å²) in [5.74, 6) is -6.90. The van der Waals surface area contributed by atoms with Crippen molar-refractivity contribution in [3.63, 3.8) is 0 Å². The number of nitrogens with zero attached hydrogens (tertiary/aromatic N) is 2. The van der Waals surface area contributed by atoms with Crippen molar-refractivity contribution in [2.75, 3.05) is 39.4 Å². The molecule has 4 unspecified atom stereocenters. The summed E-state index contributed by atoms with van der Waals surface area (Å²) in [6.45, 7) is 27.0. The number of halogens is 3. The van der Waals surface area contributed by atoms with Gasteiger partial charge in [-0.3, -0.25) is 48.2 Å². The zero-order valence-corrected chi connectivity index (χ0v) is 62.2. The van der Waals surface area contributed by atoms with Crippen LogP contribution in [0.4, 0.5) is 13.2 Å². The molecule has 8 amide bonds. The number of imide groups is 2. The second-order valence-corrected chi connectivity index (χ2v) is 32.0. The first kappa shape index (κ1) is 74.6. The van der Waals surface area contributed by atoms with Crippen molar-refractivity contribution in [3.05, 3.63) is 166 Å². The first-order valence-corrected chi connectivity index (χ1v) is 36.1. The van der Waals surface area contributed by atoms with Gasteiger partial charge in [0.25, 0.3) is 23.6 Å². The molecule has 20 nitrogen and oxygen atoms in total. The van der Waals surface area contributed by atoms with Gasteiger partial charge in [-0.05, 0) is 123 Å². The monoisotopic (exact) mass is 1460 g/mol. The molecule has 0 spiro atoms. The molecule has 2 fully saturated rings. The van der Waals surface area contributed by atoms with E-state index in [4.69, 9.17) is 28.4 Å². The van der Waals surface area contributed by atoms with Crippen LogP contribution in [0, 0.1) is 0 Å². The third-order valence-electron chi connectivity index (χ3n) is 20.0. The van der Waals surface area contributed by atoms with E-state index in [1.54, 1.807) is 55.5 Å². The van der Waals surface area contributed by atoms with Crippen molar-refractivity contribution >= 4 is 90.3 Å². The highest BCUT2D eigenvalue weighted by Crippen LogP contribution is 2.58. The summed E-state index contributed by atoms with van der Waals surface area (Å²) >= 11 is 0. The van der Waals surface area contributed by atoms with Gasteiger partial charge in [0.1, 0.15) is 58.1 Å². The van der Waals surface area contributed by atoms with Crippen LogP contribution in [-0.4, -0.2) is 127 Å². The molecule has 0 aliphatic carbocycles. The molecule has 107 heavy (non-hydrogen) atoms. The Bertz CT molecular complexity index is 4810. The molecule has 4 heterocycles. The number of amides is 8. The van der Waals surface area contributed by atoms with E-state index >= 15 is 32.3 Å². The van der Waals surface area contributed by atoms with E-state index in [2.05, 4.69) is 21.3 Å². The van der Waals surface area contributed by atoms with E-state index in [0.717, 1.165) is 27.2 Å². The number of rotatable bonds is 24. The number of ether oxygens (including phenoxy) is 6. The standard InChI is InChI=1S/C84H87F3N6O14/c1-14-58(74(96)88-33-31-64(94)90-40-52-42-102-52)92-76(98)54-35-60(104-48-23-15-44(16-24-48)80(2,3)4)68-70-62(106-50-27-19-46(20-28-50)82(8,9)10)37-56-67-57(79(101)93(78(56)100)59(39-84(85,86)87)75(97)89-34-32-65(95)91-41-53-43-103-53)38-63(107-51-29-21-47(22-30-51)83(11,12)13)71(73(67)70)69-61(36-55(77(92)99)66(54)72(68)69)105-49-25-17-45(18-26-49)81(5,6)7/h15-30,35-38,52-53,58-59H,14,31-34,39-43H2,1-13H3,(H,88,96)(H,89,97)(H,90,94)(H,91,95). The number of nitrogens with one attached hydrogen (secondary N) is 4. The number of alkyl halides is 3. The van der Waals surface area contributed by atoms with Gasteiger partial charge in [-0.15, -0.1) is 0 Å². The first-order chi connectivity index (χ1) is 50.4. The zero-order chi connectivity index (χ0) is 76.7. The highest BCUT2D eigenvalue weighted by molar-refractivity contribution is 6.45. The number of hydrogen-bond acceptors (Lipinski definition) is 14. The molecule has 0 bridgehead atoms. The van der Waals surface area contributed by atoms with Crippen LogP contribution in [0.1, 0.15) is 179 Å². The van der Waals surface area contributed by atoms with Gasteiger partial charge >= 0.3 is 6.18 Å². The lowest BCUT2D eigenvalue weighted by Crippen LogP contribution is -2.55. The van der Waals surface area contributed by atoms with E-state index in [1.807, 2.05) is 132 Å². The second kappa shape index (κ2) is 28.2. The molecule has 0 saturated carbocycles. The maximum Gasteiger partial charge on any atom is 0.391 e. The summed E-state index contributed by atoms with van der Waals surface area (Å²) in [4.78, 5) is 121. The van der Waals surface area contributed by atoms with E-state index in [0.29, 0.717) is 24.7 Å². The maximum absolute atomic E-state index is 16.2. The molecule has 4 atom stereocenters. The van der Waals surface area contributed by atoms with Gasteiger partial charge in [-0.2, -0.15) is 13.2 Å². The van der Waals surface area contributed by atoms with E-state index < -0.39 is 72.6 Å². The summed E-state index contributed by atoms with van der Waals surface area (Å²) in [5.41, 5.74) is 1.36. The average molecular weight is 1460 g/mol. The minimum absolute atomic E-state index is 0.0483. The van der Waals surface area contributed by atoms with Crippen molar-refractivity contribution in [3.8, 4) is 46.0 Å². The van der Waals surface area contributed by atoms with Crippen molar-refractivity contribution < 1.29 is 79.9 Å². The molecule has 4 aliphatic rings. The smallest absolute Gasteiger partial charge is 0.391 e. The first-order valence-electron chi connectivity index (χ1n) is 36.1. The number of hydrogen-bond donors (Lipinski definition) is 4. The zero-order valence-electron chi connectivity index (χ0n) is 62.2. The van der Waals surface area contributed by atoms with Crippen molar-refractivity contribution in [1.82, 2.24) is 31.1 Å². The molecular formula is C84H87F3N6O14. The fourth-order valence-corrected chi connectivity index (χ4v) is 13.9. The van der Waals surface area contributed by atoms with Crippen LogP contribution < -0.4 is 40.2 Å². The molecule has 4 N–H and O–H groups in total. The SMILES string of the molecule is CCC(C(=O)NCCC(=O)NCC1CO1)N1C(=O)c2cc(Oc3ccc(C(C)(C)C)cc3)c3c4c(Oc5ccc(C(C)(C)C)cc5)cc5c6c(cc(Oc7ccc(C(C)(C)C)cc7)c(c7c(Oc8ccc(C(C)(C)C)cc8)cc(c2c37)C1=O)c64)C(=O)N(C(CC(F)(F)F)C(=O)NCCC(=O)NCC1CO1)C5=O. The Labute approximate surface area is 617 Å². The largest absolute Gasteiger partial charge is 0.457 e. The van der Waals surface area contributed by atoms with Crippen LogP contribution >= 0.6 is 0 Å². The van der Waals surface area contributed by atoms with E-state index in [1.165, 1.54) is 24.3 Å². The molecule has 23 heteroatoms. The van der Waals surface area contributed by atoms with Gasteiger partial charge in [0.2, 0.25) is 23.6 Å². The van der Waals surface area contributed by atoms with Crippen LogP contribution in [0.2, 0.25) is 0 Å². The van der Waals surface area contributed by atoms with Gasteiger partial charge in [0.05, 0.1) is 54.1 Å². The van der Waals surface area contributed by atoms with Gasteiger partial charge in [0, 0.05) is 82.1 Å². The molecular weight excluding hydrogens is 1370 g/mol. The lowest BCUT2D eigenvalue weighted by atomic mass is 9.80. The third kappa shape index (κ3) is 15.4. The number of benzene rings is 9. The fourth-order valence-electron chi connectivity index (χ4n) is 13.9. The normalized spacial score (nSPS) is 16.5. The molecule has 9 aromatic rings. The van der Waals surface area contributed by atoms with Crippen molar-refractivity contribution in [2.24, 2.45) is 0 Å². The topological polar surface area (TPSA) is 253 Å². The van der Waals surface area contributed by atoms with Crippen LogP contribution in [0.5, 0.6) is 46.0 Å². The summed E-state index contributed by atoms with van der Waals surface area (Å²) in [5, 5.41) is 11.2. The Kier molecular flexibility index (Phi) is 19.7. The highest BCUT2D eigenvalue weighted by atomic mass is 19.4. The van der Waals surface area contributed by atoms with Gasteiger partial charge in [0.15, 0.2) is 0 Å². The fraction of sp³-hybridized carbons (Fsp3) is 0.381. The van der Waals surface area contributed by atoms with Gasteiger partial charge in [-0.1, -0.05) is 139 Å². The predicted octanol–water partition coefficient (Wildman–Crippen LogP) is 15.4. The Morgan fingerprint density at radius 3 is 0.916 bits per heavy atom. The van der Waals surface area contributed by atoms with Gasteiger partial charge in [-0.25, -0.2) is 0 Å². The second-order valence-electron chi connectivity index (χ2n) is 32.0. The third-order valence-corrected chi connectivity index (χ3v) is 20.0. The van der Waals surface area contributed by atoms with Crippen LogP contribution in [0.15, 0.2) is 121 Å².